The summed E-state index contributed by atoms with van der Waals surface area (Å²) in [5, 5.41) is 0. The molecule has 1 aromatic carbocycles. The number of amides is 1. The molecule has 1 aliphatic rings. The summed E-state index contributed by atoms with van der Waals surface area (Å²) in [5.41, 5.74) is 1.21. The van der Waals surface area contributed by atoms with Crippen LogP contribution in [-0.4, -0.2) is 46.2 Å². The average molecular weight is 372 g/mol. The molecule has 0 radical (unpaired) electrons. The van der Waals surface area contributed by atoms with Gasteiger partial charge in [-0.1, -0.05) is 12.1 Å². The van der Waals surface area contributed by atoms with Gasteiger partial charge in [0, 0.05) is 31.5 Å². The van der Waals surface area contributed by atoms with Crippen LogP contribution in [0.5, 0.6) is 0 Å². The van der Waals surface area contributed by atoms with Gasteiger partial charge in [-0.15, -0.1) is 0 Å². The lowest BCUT2D eigenvalue weighted by atomic mass is 10.0. The Morgan fingerprint density at radius 3 is 2.52 bits per heavy atom. The molecule has 1 atom stereocenters. The number of nitrogens with zero attached hydrogens (tertiary/aromatic N) is 4. The van der Waals surface area contributed by atoms with Crippen LogP contribution in [0.4, 0.5) is 15.1 Å². The van der Waals surface area contributed by atoms with Gasteiger partial charge < -0.3 is 14.5 Å². The molecule has 1 fully saturated rings. The minimum atomic E-state index is -0.556. The number of carbonyl (C=O) groups is 1. The summed E-state index contributed by atoms with van der Waals surface area (Å²) in [5.74, 6) is 0.310. The van der Waals surface area contributed by atoms with E-state index in [1.165, 1.54) is 12.1 Å². The van der Waals surface area contributed by atoms with Crippen molar-refractivity contribution in [3.05, 3.63) is 53.6 Å². The van der Waals surface area contributed by atoms with E-state index in [1.54, 1.807) is 23.2 Å². The molecule has 1 amide bonds. The van der Waals surface area contributed by atoms with Crippen LogP contribution < -0.4 is 4.90 Å². The quantitative estimate of drug-likeness (QED) is 0.804. The Balaban J connectivity index is 1.89. The van der Waals surface area contributed by atoms with Crippen LogP contribution in [0.3, 0.4) is 0 Å². The molecule has 1 aliphatic heterocycles. The third-order valence-corrected chi connectivity index (χ3v) is 4.33. The summed E-state index contributed by atoms with van der Waals surface area (Å²) in [4.78, 5) is 25.2. The Bertz CT molecular complexity index is 804. The summed E-state index contributed by atoms with van der Waals surface area (Å²) in [6.45, 7) is 8.93. The Morgan fingerprint density at radius 2 is 1.89 bits per heavy atom. The molecule has 0 spiro atoms. The van der Waals surface area contributed by atoms with Crippen LogP contribution in [-0.2, 0) is 4.74 Å². The predicted octanol–water partition coefficient (Wildman–Crippen LogP) is 3.72. The molecular weight excluding hydrogens is 347 g/mol. The Morgan fingerprint density at radius 1 is 1.19 bits per heavy atom. The summed E-state index contributed by atoms with van der Waals surface area (Å²) in [6.07, 6.45) is 1.37. The van der Waals surface area contributed by atoms with E-state index in [0.29, 0.717) is 25.6 Å². The van der Waals surface area contributed by atoms with Crippen molar-refractivity contribution in [3.8, 4) is 0 Å². The van der Waals surface area contributed by atoms with Gasteiger partial charge >= 0.3 is 6.09 Å². The van der Waals surface area contributed by atoms with E-state index < -0.39 is 5.60 Å². The van der Waals surface area contributed by atoms with E-state index in [2.05, 4.69) is 14.9 Å². The van der Waals surface area contributed by atoms with Gasteiger partial charge in [-0.2, -0.15) is 0 Å². The van der Waals surface area contributed by atoms with Gasteiger partial charge in [0.25, 0.3) is 0 Å². The Labute approximate surface area is 159 Å². The largest absolute Gasteiger partial charge is 0.444 e. The number of aromatic nitrogens is 2. The highest BCUT2D eigenvalue weighted by Gasteiger charge is 2.34. The molecule has 6 nitrogen and oxygen atoms in total. The molecule has 0 aliphatic carbocycles. The third-order valence-electron chi connectivity index (χ3n) is 4.33. The third kappa shape index (κ3) is 4.72. The number of hydrogen-bond donors (Lipinski definition) is 0. The van der Waals surface area contributed by atoms with Crippen LogP contribution in [0.2, 0.25) is 0 Å². The number of aryl methyl sites for hydroxylation is 1. The van der Waals surface area contributed by atoms with Crippen LogP contribution in [0.15, 0.2) is 36.5 Å². The highest BCUT2D eigenvalue weighted by atomic mass is 19.1. The van der Waals surface area contributed by atoms with Gasteiger partial charge in [0.1, 0.15) is 11.4 Å². The first kappa shape index (κ1) is 19.1. The normalized spacial score (nSPS) is 17.7. The molecule has 0 N–H and O–H groups in total. The molecule has 1 saturated heterocycles. The molecule has 2 aromatic rings. The minimum absolute atomic E-state index is 0.186. The standard InChI is InChI=1S/C20H25FN4O2/c1-14-9-10-22-18(23-14)25-12-11-24(19(26)27-20(2,3)4)13-17(25)15-5-7-16(21)8-6-15/h5-10,17H,11-13H2,1-4H3/t17-/m0/s1. The number of carbonyl (C=O) groups excluding carboxylic acids is 1. The molecule has 144 valence electrons. The summed E-state index contributed by atoms with van der Waals surface area (Å²) < 4.78 is 18.9. The van der Waals surface area contributed by atoms with Crippen LogP contribution >= 0.6 is 0 Å². The van der Waals surface area contributed by atoms with Crippen LogP contribution in [0.1, 0.15) is 38.1 Å². The van der Waals surface area contributed by atoms with Crippen molar-refractivity contribution in [1.29, 1.82) is 0 Å². The number of ether oxygens (including phenoxy) is 1. The van der Waals surface area contributed by atoms with Gasteiger partial charge in [0.2, 0.25) is 5.95 Å². The fourth-order valence-electron chi connectivity index (χ4n) is 3.06. The second-order valence-corrected chi connectivity index (χ2v) is 7.69. The van der Waals surface area contributed by atoms with Crippen molar-refractivity contribution in [2.45, 2.75) is 39.3 Å². The molecule has 1 aromatic heterocycles. The van der Waals surface area contributed by atoms with E-state index in [1.807, 2.05) is 33.8 Å². The second-order valence-electron chi connectivity index (χ2n) is 7.69. The van der Waals surface area contributed by atoms with Gasteiger partial charge in [-0.05, 0) is 51.5 Å². The van der Waals surface area contributed by atoms with Gasteiger partial charge in [-0.25, -0.2) is 19.2 Å². The van der Waals surface area contributed by atoms with E-state index in [0.717, 1.165) is 11.3 Å². The SMILES string of the molecule is Cc1ccnc(N2CCN(C(=O)OC(C)(C)C)C[C@H]2c2ccc(F)cc2)n1. The molecule has 0 bridgehead atoms. The lowest BCUT2D eigenvalue weighted by Crippen LogP contribution is -2.52. The van der Waals surface area contributed by atoms with E-state index >= 15 is 0 Å². The first-order chi connectivity index (χ1) is 12.7. The zero-order chi connectivity index (χ0) is 19.6. The lowest BCUT2D eigenvalue weighted by molar-refractivity contribution is 0.0213. The number of piperazine rings is 1. The summed E-state index contributed by atoms with van der Waals surface area (Å²) in [7, 11) is 0. The van der Waals surface area contributed by atoms with E-state index in [4.69, 9.17) is 4.74 Å². The maximum atomic E-state index is 13.4. The second kappa shape index (κ2) is 7.50. The summed E-state index contributed by atoms with van der Waals surface area (Å²) in [6, 6.07) is 7.98. The molecule has 0 unspecified atom stereocenters. The summed E-state index contributed by atoms with van der Waals surface area (Å²) >= 11 is 0. The van der Waals surface area contributed by atoms with Gasteiger partial charge in [0.05, 0.1) is 6.04 Å². The highest BCUT2D eigenvalue weighted by Crippen LogP contribution is 2.29. The molecular formula is C20H25FN4O2. The van der Waals surface area contributed by atoms with Crippen LogP contribution in [0.25, 0.3) is 0 Å². The van der Waals surface area contributed by atoms with Gasteiger partial charge in [-0.3, -0.25) is 0 Å². The zero-order valence-corrected chi connectivity index (χ0v) is 16.1. The monoisotopic (exact) mass is 372 g/mol. The minimum Gasteiger partial charge on any atom is -0.444 e. The number of benzene rings is 1. The Kier molecular flexibility index (Phi) is 5.30. The number of rotatable bonds is 2. The smallest absolute Gasteiger partial charge is 0.410 e. The topological polar surface area (TPSA) is 58.6 Å². The first-order valence-electron chi connectivity index (χ1n) is 9.02. The number of anilines is 1. The highest BCUT2D eigenvalue weighted by molar-refractivity contribution is 5.68. The van der Waals surface area contributed by atoms with Gasteiger partial charge in [0.15, 0.2) is 0 Å². The van der Waals surface area contributed by atoms with Crippen LogP contribution in [0, 0.1) is 12.7 Å². The zero-order valence-electron chi connectivity index (χ0n) is 16.1. The number of hydrogen-bond acceptors (Lipinski definition) is 5. The van der Waals surface area contributed by atoms with Crippen molar-refractivity contribution < 1.29 is 13.9 Å². The van der Waals surface area contributed by atoms with Crippen molar-refractivity contribution in [2.75, 3.05) is 24.5 Å². The maximum absolute atomic E-state index is 13.4. The first-order valence-corrected chi connectivity index (χ1v) is 9.02. The predicted molar refractivity (Wildman–Crippen MR) is 101 cm³/mol. The van der Waals surface area contributed by atoms with Crippen molar-refractivity contribution in [2.24, 2.45) is 0 Å². The molecule has 2 heterocycles. The maximum Gasteiger partial charge on any atom is 0.410 e. The van der Waals surface area contributed by atoms with Crippen molar-refractivity contribution >= 4 is 12.0 Å². The average Bonchev–Trinajstić information content (AvgIpc) is 2.60. The number of halogens is 1. The molecule has 27 heavy (non-hydrogen) atoms. The van der Waals surface area contributed by atoms with Crippen molar-refractivity contribution in [3.63, 3.8) is 0 Å². The fraction of sp³-hybridized carbons (Fsp3) is 0.450. The Hall–Kier alpha value is -2.70. The molecule has 3 rings (SSSR count). The molecule has 7 heteroatoms. The lowest BCUT2D eigenvalue weighted by Gasteiger charge is -2.41. The fourth-order valence-corrected chi connectivity index (χ4v) is 3.06. The van der Waals surface area contributed by atoms with E-state index in [-0.39, 0.29) is 18.0 Å². The van der Waals surface area contributed by atoms with Crippen molar-refractivity contribution in [1.82, 2.24) is 14.9 Å². The van der Waals surface area contributed by atoms with E-state index in [9.17, 15) is 9.18 Å². The molecule has 0 saturated carbocycles.